The molecule has 1 amide bonds. The third-order valence-corrected chi connectivity index (χ3v) is 3.93. The smallest absolute Gasteiger partial charge is 0.221 e. The number of anilines is 1. The van der Waals surface area contributed by atoms with Crippen LogP contribution < -0.4 is 11.1 Å². The Kier molecular flexibility index (Phi) is 5.34. The molecule has 1 aromatic carbocycles. The van der Waals surface area contributed by atoms with Gasteiger partial charge >= 0.3 is 0 Å². The number of hydrogen-bond donors (Lipinski definition) is 2. The maximum Gasteiger partial charge on any atom is 0.221 e. The van der Waals surface area contributed by atoms with E-state index in [0.29, 0.717) is 16.3 Å². The van der Waals surface area contributed by atoms with Gasteiger partial charge in [0.15, 0.2) is 0 Å². The van der Waals surface area contributed by atoms with Gasteiger partial charge in [-0.3, -0.25) is 9.00 Å². The number of nitrogens with two attached hydrogens (primary N) is 1. The van der Waals surface area contributed by atoms with Gasteiger partial charge in [0.1, 0.15) is 0 Å². The van der Waals surface area contributed by atoms with Gasteiger partial charge in [0, 0.05) is 28.8 Å². The lowest BCUT2D eigenvalue weighted by Gasteiger charge is -2.09. The van der Waals surface area contributed by atoms with E-state index >= 15 is 0 Å². The number of nitrogen functional groups attached to an aromatic ring is 1. The van der Waals surface area contributed by atoms with E-state index in [4.69, 9.17) is 5.73 Å². The average molecular weight is 268 g/mol. The second-order valence-corrected chi connectivity index (χ2v) is 6.09. The minimum atomic E-state index is -1.18. The third kappa shape index (κ3) is 4.49. The van der Waals surface area contributed by atoms with Crippen molar-refractivity contribution >= 4 is 22.4 Å². The number of amides is 1. The summed E-state index contributed by atoms with van der Waals surface area (Å²) in [6.45, 7) is 5.69. The molecule has 0 aliphatic rings. The van der Waals surface area contributed by atoms with Crippen molar-refractivity contribution in [3.05, 3.63) is 23.8 Å². The lowest BCUT2D eigenvalue weighted by Crippen LogP contribution is -2.30. The number of carbonyl (C=O) groups is 1. The van der Waals surface area contributed by atoms with Crippen LogP contribution in [0, 0.1) is 6.92 Å². The van der Waals surface area contributed by atoms with Crippen molar-refractivity contribution in [2.45, 2.75) is 38.1 Å². The fraction of sp³-hybridized carbons (Fsp3) is 0.462. The van der Waals surface area contributed by atoms with Gasteiger partial charge in [-0.25, -0.2) is 0 Å². The molecule has 1 rings (SSSR count). The minimum absolute atomic E-state index is 0.0695. The number of nitrogens with one attached hydrogen (secondary N) is 1. The van der Waals surface area contributed by atoms with E-state index in [2.05, 4.69) is 5.32 Å². The summed E-state index contributed by atoms with van der Waals surface area (Å²) in [6.07, 6.45) is 0.263. The molecule has 0 aliphatic heterocycles. The largest absolute Gasteiger partial charge is 0.399 e. The van der Waals surface area contributed by atoms with Crippen molar-refractivity contribution in [1.82, 2.24) is 5.32 Å². The Morgan fingerprint density at radius 1 is 1.44 bits per heavy atom. The SMILES string of the molecule is Cc1ccc(N)cc1S(=O)CCC(=O)NC(C)C. The summed E-state index contributed by atoms with van der Waals surface area (Å²) in [7, 11) is -1.18. The van der Waals surface area contributed by atoms with E-state index in [1.165, 1.54) is 0 Å². The van der Waals surface area contributed by atoms with Crippen LogP contribution in [0.1, 0.15) is 25.8 Å². The van der Waals surface area contributed by atoms with Crippen molar-refractivity contribution in [2.24, 2.45) is 0 Å². The highest BCUT2D eigenvalue weighted by molar-refractivity contribution is 7.85. The molecule has 1 unspecified atom stereocenters. The maximum atomic E-state index is 12.1. The molecule has 0 aromatic heterocycles. The molecule has 0 fully saturated rings. The summed E-state index contributed by atoms with van der Waals surface area (Å²) in [5, 5.41) is 2.78. The standard InChI is InChI=1S/C13H20N2O2S/c1-9(2)15-13(16)6-7-18(17)12-8-11(14)5-4-10(12)3/h4-5,8-9H,6-7,14H2,1-3H3,(H,15,16). The lowest BCUT2D eigenvalue weighted by atomic mass is 10.2. The van der Waals surface area contributed by atoms with Crippen LogP contribution in [0.5, 0.6) is 0 Å². The van der Waals surface area contributed by atoms with Crippen LogP contribution in [0.25, 0.3) is 0 Å². The zero-order valence-corrected chi connectivity index (χ0v) is 11.8. The Labute approximate surface area is 110 Å². The van der Waals surface area contributed by atoms with Crippen LogP contribution in [0.3, 0.4) is 0 Å². The van der Waals surface area contributed by atoms with Gasteiger partial charge in [-0.15, -0.1) is 0 Å². The highest BCUT2D eigenvalue weighted by atomic mass is 32.2. The Bertz CT molecular complexity index is 458. The fourth-order valence-corrected chi connectivity index (χ4v) is 2.84. The van der Waals surface area contributed by atoms with Gasteiger partial charge in [0.05, 0.1) is 10.8 Å². The molecule has 3 N–H and O–H groups in total. The van der Waals surface area contributed by atoms with Gasteiger partial charge in [-0.2, -0.15) is 0 Å². The van der Waals surface area contributed by atoms with Gasteiger partial charge in [0.25, 0.3) is 0 Å². The lowest BCUT2D eigenvalue weighted by molar-refractivity contribution is -0.121. The third-order valence-electron chi connectivity index (χ3n) is 2.42. The van der Waals surface area contributed by atoms with Crippen LogP contribution >= 0.6 is 0 Å². The second kappa shape index (κ2) is 6.54. The maximum absolute atomic E-state index is 12.1. The van der Waals surface area contributed by atoms with Crippen LogP contribution in [-0.2, 0) is 15.6 Å². The van der Waals surface area contributed by atoms with Crippen molar-refractivity contribution < 1.29 is 9.00 Å². The predicted molar refractivity (Wildman–Crippen MR) is 74.8 cm³/mol. The molecule has 0 heterocycles. The van der Waals surface area contributed by atoms with Gasteiger partial charge in [0.2, 0.25) is 5.91 Å². The first-order valence-corrected chi connectivity index (χ1v) is 7.26. The molecule has 18 heavy (non-hydrogen) atoms. The van der Waals surface area contributed by atoms with Crippen LogP contribution in [-0.4, -0.2) is 21.9 Å². The Morgan fingerprint density at radius 2 is 2.11 bits per heavy atom. The normalized spacial score (nSPS) is 12.4. The van der Waals surface area contributed by atoms with Crippen molar-refractivity contribution in [1.29, 1.82) is 0 Å². The van der Waals surface area contributed by atoms with Gasteiger partial charge < -0.3 is 11.1 Å². The number of benzene rings is 1. The first kappa shape index (κ1) is 14.7. The monoisotopic (exact) mass is 268 g/mol. The molecule has 0 saturated carbocycles. The van der Waals surface area contributed by atoms with E-state index < -0.39 is 10.8 Å². The summed E-state index contributed by atoms with van der Waals surface area (Å²) in [4.78, 5) is 12.2. The molecule has 4 nitrogen and oxygen atoms in total. The molecular formula is C13H20N2O2S. The topological polar surface area (TPSA) is 72.2 Å². The molecule has 5 heteroatoms. The molecule has 0 saturated heterocycles. The summed E-state index contributed by atoms with van der Waals surface area (Å²) < 4.78 is 12.1. The fourth-order valence-electron chi connectivity index (χ4n) is 1.55. The van der Waals surface area contributed by atoms with E-state index in [1.807, 2.05) is 26.8 Å². The number of hydrogen-bond acceptors (Lipinski definition) is 3. The minimum Gasteiger partial charge on any atom is -0.399 e. The molecule has 100 valence electrons. The number of aryl methyl sites for hydroxylation is 1. The molecule has 1 atom stereocenters. The number of rotatable bonds is 5. The van der Waals surface area contributed by atoms with Crippen molar-refractivity contribution in [3.63, 3.8) is 0 Å². The van der Waals surface area contributed by atoms with Crippen LogP contribution in [0.15, 0.2) is 23.1 Å². The van der Waals surface area contributed by atoms with Gasteiger partial charge in [-0.1, -0.05) is 6.07 Å². The predicted octanol–water partition coefficient (Wildman–Crippen LogP) is 1.60. The Morgan fingerprint density at radius 3 is 2.72 bits per heavy atom. The molecular weight excluding hydrogens is 248 g/mol. The molecule has 0 aliphatic carbocycles. The van der Waals surface area contributed by atoms with E-state index in [0.717, 1.165) is 5.56 Å². The molecule has 1 aromatic rings. The van der Waals surface area contributed by atoms with Crippen LogP contribution in [0.2, 0.25) is 0 Å². The van der Waals surface area contributed by atoms with Gasteiger partial charge in [-0.05, 0) is 38.5 Å². The Balaban J connectivity index is 2.60. The zero-order chi connectivity index (χ0) is 13.7. The average Bonchev–Trinajstić information content (AvgIpc) is 2.28. The van der Waals surface area contributed by atoms with E-state index in [1.54, 1.807) is 12.1 Å². The van der Waals surface area contributed by atoms with Crippen molar-refractivity contribution in [3.8, 4) is 0 Å². The van der Waals surface area contributed by atoms with Crippen molar-refractivity contribution in [2.75, 3.05) is 11.5 Å². The summed E-state index contributed by atoms with van der Waals surface area (Å²) in [5.41, 5.74) is 7.20. The highest BCUT2D eigenvalue weighted by Crippen LogP contribution is 2.17. The highest BCUT2D eigenvalue weighted by Gasteiger charge is 2.11. The second-order valence-electron chi connectivity index (χ2n) is 4.55. The Hall–Kier alpha value is -1.36. The molecule has 0 spiro atoms. The quantitative estimate of drug-likeness (QED) is 0.797. The first-order chi connectivity index (χ1) is 8.40. The summed E-state index contributed by atoms with van der Waals surface area (Å²) in [6, 6.07) is 5.45. The first-order valence-electron chi connectivity index (χ1n) is 5.94. The number of carbonyl (C=O) groups excluding carboxylic acids is 1. The van der Waals surface area contributed by atoms with E-state index in [9.17, 15) is 9.00 Å². The molecule has 0 radical (unpaired) electrons. The summed E-state index contributed by atoms with van der Waals surface area (Å²) >= 11 is 0. The molecule has 0 bridgehead atoms. The van der Waals surface area contributed by atoms with E-state index in [-0.39, 0.29) is 18.4 Å². The summed E-state index contributed by atoms with van der Waals surface area (Å²) in [5.74, 6) is 0.253. The zero-order valence-electron chi connectivity index (χ0n) is 11.0. The van der Waals surface area contributed by atoms with Crippen LogP contribution in [0.4, 0.5) is 5.69 Å².